The molecule has 1 atom stereocenters. The zero-order chi connectivity index (χ0) is 9.26. The normalized spacial score (nSPS) is 21.5. The minimum Gasteiger partial charge on any atom is -0.330 e. The molecule has 1 aromatic rings. The molecule has 0 saturated carbocycles. The monoisotopic (exact) mass is 179 g/mol. The second-order valence-electron chi connectivity index (χ2n) is 3.79. The summed E-state index contributed by atoms with van der Waals surface area (Å²) in [7, 11) is 0. The summed E-state index contributed by atoms with van der Waals surface area (Å²) in [5.41, 5.74) is 6.99. The van der Waals surface area contributed by atoms with Crippen molar-refractivity contribution in [3.63, 3.8) is 0 Å². The Labute approximate surface area is 79.0 Å². The molecule has 2 N–H and O–H groups in total. The van der Waals surface area contributed by atoms with Crippen LogP contribution in [0.3, 0.4) is 0 Å². The molecule has 0 aliphatic carbocycles. The summed E-state index contributed by atoms with van der Waals surface area (Å²) in [4.78, 5) is 4.35. The summed E-state index contributed by atoms with van der Waals surface area (Å²) in [5.74, 6) is 1.15. The van der Waals surface area contributed by atoms with Gasteiger partial charge in [0.2, 0.25) is 0 Å². The van der Waals surface area contributed by atoms with Gasteiger partial charge in [0.15, 0.2) is 0 Å². The fourth-order valence-electron chi connectivity index (χ4n) is 2.30. The molecule has 1 aliphatic heterocycles. The van der Waals surface area contributed by atoms with Gasteiger partial charge in [0.05, 0.1) is 0 Å². The highest BCUT2D eigenvalue weighted by molar-refractivity contribution is 5.09. The average molecular weight is 179 g/mol. The van der Waals surface area contributed by atoms with E-state index in [1.807, 2.05) is 6.20 Å². The first-order chi connectivity index (χ1) is 6.33. The van der Waals surface area contributed by atoms with Gasteiger partial charge in [-0.1, -0.05) is 0 Å². The van der Waals surface area contributed by atoms with Gasteiger partial charge in [-0.3, -0.25) is 0 Å². The molecule has 72 valence electrons. The second kappa shape index (κ2) is 3.50. The van der Waals surface area contributed by atoms with Crippen molar-refractivity contribution in [1.29, 1.82) is 0 Å². The van der Waals surface area contributed by atoms with Gasteiger partial charge in [-0.05, 0) is 39.2 Å². The SMILES string of the molecule is Cc1ncc2n1C(CCN)CCC2. The lowest BCUT2D eigenvalue weighted by molar-refractivity contribution is 0.377. The van der Waals surface area contributed by atoms with E-state index in [0.29, 0.717) is 6.04 Å². The maximum Gasteiger partial charge on any atom is 0.105 e. The number of aryl methyl sites for hydroxylation is 2. The number of nitrogens with two attached hydrogens (primary N) is 1. The molecule has 0 saturated heterocycles. The average Bonchev–Trinajstić information content (AvgIpc) is 2.50. The zero-order valence-electron chi connectivity index (χ0n) is 8.16. The molecule has 0 radical (unpaired) electrons. The first kappa shape index (κ1) is 8.75. The van der Waals surface area contributed by atoms with Gasteiger partial charge in [0.25, 0.3) is 0 Å². The Morgan fingerprint density at radius 3 is 3.31 bits per heavy atom. The maximum absolute atomic E-state index is 5.60. The molecular formula is C10H17N3. The van der Waals surface area contributed by atoms with Crippen LogP contribution in [0.25, 0.3) is 0 Å². The van der Waals surface area contributed by atoms with Gasteiger partial charge in [-0.15, -0.1) is 0 Å². The van der Waals surface area contributed by atoms with Crippen molar-refractivity contribution in [3.8, 4) is 0 Å². The van der Waals surface area contributed by atoms with Crippen molar-refractivity contribution in [2.45, 2.75) is 38.6 Å². The molecule has 1 aliphatic rings. The molecule has 3 heteroatoms. The van der Waals surface area contributed by atoms with E-state index in [1.54, 1.807) is 0 Å². The summed E-state index contributed by atoms with van der Waals surface area (Å²) in [6.07, 6.45) is 6.83. The van der Waals surface area contributed by atoms with Crippen molar-refractivity contribution in [1.82, 2.24) is 9.55 Å². The molecule has 0 aromatic carbocycles. The molecule has 13 heavy (non-hydrogen) atoms. The summed E-state index contributed by atoms with van der Waals surface area (Å²) in [6, 6.07) is 0.608. The zero-order valence-corrected chi connectivity index (χ0v) is 8.16. The van der Waals surface area contributed by atoms with Crippen molar-refractivity contribution < 1.29 is 0 Å². The van der Waals surface area contributed by atoms with Crippen LogP contribution in [-0.4, -0.2) is 16.1 Å². The van der Waals surface area contributed by atoms with E-state index in [2.05, 4.69) is 16.5 Å². The van der Waals surface area contributed by atoms with Crippen molar-refractivity contribution in [2.75, 3.05) is 6.54 Å². The molecule has 0 spiro atoms. The highest BCUT2D eigenvalue weighted by atomic mass is 15.1. The highest BCUT2D eigenvalue weighted by Gasteiger charge is 2.20. The van der Waals surface area contributed by atoms with Crippen molar-refractivity contribution >= 4 is 0 Å². The topological polar surface area (TPSA) is 43.8 Å². The maximum atomic E-state index is 5.60. The van der Waals surface area contributed by atoms with E-state index >= 15 is 0 Å². The van der Waals surface area contributed by atoms with Crippen LogP contribution in [0, 0.1) is 6.92 Å². The minimum atomic E-state index is 0.608. The summed E-state index contributed by atoms with van der Waals surface area (Å²) >= 11 is 0. The Balaban J connectivity index is 2.29. The molecule has 3 nitrogen and oxygen atoms in total. The summed E-state index contributed by atoms with van der Waals surface area (Å²) in [5, 5.41) is 0. The molecule has 0 amide bonds. The van der Waals surface area contributed by atoms with Crippen LogP contribution in [0.15, 0.2) is 6.20 Å². The van der Waals surface area contributed by atoms with Crippen molar-refractivity contribution in [3.05, 3.63) is 17.7 Å². The van der Waals surface area contributed by atoms with Crippen LogP contribution in [0.4, 0.5) is 0 Å². The van der Waals surface area contributed by atoms with Gasteiger partial charge in [-0.2, -0.15) is 0 Å². The van der Waals surface area contributed by atoms with Gasteiger partial charge in [0, 0.05) is 17.9 Å². The number of imidazole rings is 1. The summed E-state index contributed by atoms with van der Waals surface area (Å²) < 4.78 is 2.37. The first-order valence-electron chi connectivity index (χ1n) is 5.05. The predicted molar refractivity (Wildman–Crippen MR) is 52.6 cm³/mol. The van der Waals surface area contributed by atoms with Gasteiger partial charge in [-0.25, -0.2) is 4.98 Å². The lowest BCUT2D eigenvalue weighted by Crippen LogP contribution is -2.21. The molecule has 1 unspecified atom stereocenters. The van der Waals surface area contributed by atoms with E-state index in [4.69, 9.17) is 5.73 Å². The molecule has 2 rings (SSSR count). The number of hydrogen-bond acceptors (Lipinski definition) is 2. The summed E-state index contributed by atoms with van der Waals surface area (Å²) in [6.45, 7) is 2.86. The fourth-order valence-corrected chi connectivity index (χ4v) is 2.30. The van der Waals surface area contributed by atoms with E-state index < -0.39 is 0 Å². The lowest BCUT2D eigenvalue weighted by atomic mass is 10.0. The van der Waals surface area contributed by atoms with Crippen LogP contribution in [0.1, 0.15) is 36.8 Å². The van der Waals surface area contributed by atoms with Crippen LogP contribution in [0.5, 0.6) is 0 Å². The Morgan fingerprint density at radius 2 is 2.54 bits per heavy atom. The Kier molecular flexibility index (Phi) is 2.36. The highest BCUT2D eigenvalue weighted by Crippen LogP contribution is 2.28. The van der Waals surface area contributed by atoms with Crippen LogP contribution >= 0.6 is 0 Å². The number of fused-ring (bicyclic) bond motifs is 1. The Morgan fingerprint density at radius 1 is 1.69 bits per heavy atom. The third-order valence-corrected chi connectivity index (χ3v) is 2.89. The standard InChI is InChI=1S/C10H17N3/c1-8-12-7-10-4-2-3-9(5-6-11)13(8)10/h7,9H,2-6,11H2,1H3. The van der Waals surface area contributed by atoms with Gasteiger partial charge < -0.3 is 10.3 Å². The van der Waals surface area contributed by atoms with E-state index in [0.717, 1.165) is 18.8 Å². The number of nitrogens with zero attached hydrogens (tertiary/aromatic N) is 2. The first-order valence-corrected chi connectivity index (χ1v) is 5.05. The van der Waals surface area contributed by atoms with E-state index in [-0.39, 0.29) is 0 Å². The number of aromatic nitrogens is 2. The van der Waals surface area contributed by atoms with Crippen LogP contribution < -0.4 is 5.73 Å². The van der Waals surface area contributed by atoms with Crippen molar-refractivity contribution in [2.24, 2.45) is 5.73 Å². The number of rotatable bonds is 2. The molecule has 0 bridgehead atoms. The predicted octanol–water partition coefficient (Wildman–Crippen LogP) is 1.42. The van der Waals surface area contributed by atoms with Crippen LogP contribution in [-0.2, 0) is 6.42 Å². The van der Waals surface area contributed by atoms with Crippen LogP contribution in [0.2, 0.25) is 0 Å². The molecule has 0 fully saturated rings. The lowest BCUT2D eigenvalue weighted by Gasteiger charge is -2.26. The van der Waals surface area contributed by atoms with Gasteiger partial charge in [0.1, 0.15) is 5.82 Å². The van der Waals surface area contributed by atoms with Gasteiger partial charge >= 0.3 is 0 Å². The smallest absolute Gasteiger partial charge is 0.105 e. The second-order valence-corrected chi connectivity index (χ2v) is 3.79. The quantitative estimate of drug-likeness (QED) is 0.746. The van der Waals surface area contributed by atoms with E-state index in [1.165, 1.54) is 25.0 Å². The minimum absolute atomic E-state index is 0.608. The molecule has 2 heterocycles. The Bertz CT molecular complexity index is 290. The molecular weight excluding hydrogens is 162 g/mol. The number of hydrogen-bond donors (Lipinski definition) is 1. The third kappa shape index (κ3) is 1.48. The largest absolute Gasteiger partial charge is 0.330 e. The Hall–Kier alpha value is -0.830. The van der Waals surface area contributed by atoms with E-state index in [9.17, 15) is 0 Å². The third-order valence-electron chi connectivity index (χ3n) is 2.89. The fraction of sp³-hybridized carbons (Fsp3) is 0.700. The molecule has 1 aromatic heterocycles.